The fourth-order valence-electron chi connectivity index (χ4n) is 1.40. The molecule has 0 aromatic heterocycles. The Kier molecular flexibility index (Phi) is 3.04. The second-order valence-electron chi connectivity index (χ2n) is 4.93. The normalized spacial score (nSPS) is 12.8. The van der Waals surface area contributed by atoms with E-state index in [0.717, 1.165) is 5.56 Å². The van der Waals surface area contributed by atoms with E-state index in [0.29, 0.717) is 5.56 Å². The standard InChI is InChI=1S/C11H17NO3S/c1-7-5-8(11(2,3)4)6-9(10(7)13)16(12,14)15/h5-6,13H,1-4H3,(H2,12,14,15). The lowest BCUT2D eigenvalue weighted by Crippen LogP contribution is -2.16. The molecular formula is C11H17NO3S. The number of primary sulfonamides is 1. The minimum Gasteiger partial charge on any atom is -0.506 e. The number of sulfonamides is 1. The van der Waals surface area contributed by atoms with Gasteiger partial charge in [0, 0.05) is 0 Å². The Morgan fingerprint density at radius 2 is 1.75 bits per heavy atom. The molecule has 90 valence electrons. The van der Waals surface area contributed by atoms with Crippen molar-refractivity contribution in [1.82, 2.24) is 0 Å². The van der Waals surface area contributed by atoms with Gasteiger partial charge in [0.2, 0.25) is 10.0 Å². The van der Waals surface area contributed by atoms with Crippen LogP contribution >= 0.6 is 0 Å². The highest BCUT2D eigenvalue weighted by Crippen LogP contribution is 2.32. The summed E-state index contributed by atoms with van der Waals surface area (Å²) in [6.07, 6.45) is 0. The number of hydrogen-bond acceptors (Lipinski definition) is 3. The van der Waals surface area contributed by atoms with Gasteiger partial charge in [-0.1, -0.05) is 26.8 Å². The van der Waals surface area contributed by atoms with E-state index >= 15 is 0 Å². The van der Waals surface area contributed by atoms with Crippen molar-refractivity contribution in [3.8, 4) is 5.75 Å². The molecule has 0 aliphatic heterocycles. The summed E-state index contributed by atoms with van der Waals surface area (Å²) in [5, 5.41) is 14.7. The molecule has 0 unspecified atom stereocenters. The first-order valence-corrected chi connectivity index (χ1v) is 6.45. The molecule has 0 radical (unpaired) electrons. The molecule has 0 aliphatic carbocycles. The molecule has 0 spiro atoms. The first-order chi connectivity index (χ1) is 7.03. The number of aromatic hydroxyl groups is 1. The van der Waals surface area contributed by atoms with Crippen molar-refractivity contribution < 1.29 is 13.5 Å². The van der Waals surface area contributed by atoms with Crippen LogP contribution in [0.4, 0.5) is 0 Å². The average molecular weight is 243 g/mol. The largest absolute Gasteiger partial charge is 0.506 e. The van der Waals surface area contributed by atoms with Gasteiger partial charge in [0.15, 0.2) is 0 Å². The van der Waals surface area contributed by atoms with E-state index < -0.39 is 10.0 Å². The fraction of sp³-hybridized carbons (Fsp3) is 0.455. The summed E-state index contributed by atoms with van der Waals surface area (Å²) in [7, 11) is -3.89. The van der Waals surface area contributed by atoms with Gasteiger partial charge in [0.25, 0.3) is 0 Å². The number of rotatable bonds is 1. The maximum Gasteiger partial charge on any atom is 0.241 e. The van der Waals surface area contributed by atoms with E-state index in [1.807, 2.05) is 20.8 Å². The van der Waals surface area contributed by atoms with Crippen LogP contribution in [0.3, 0.4) is 0 Å². The van der Waals surface area contributed by atoms with Gasteiger partial charge < -0.3 is 5.11 Å². The maximum atomic E-state index is 11.3. The Morgan fingerprint density at radius 3 is 2.12 bits per heavy atom. The molecule has 1 aromatic carbocycles. The van der Waals surface area contributed by atoms with Gasteiger partial charge in [-0.15, -0.1) is 0 Å². The predicted octanol–water partition coefficient (Wildman–Crippen LogP) is 1.65. The zero-order valence-corrected chi connectivity index (χ0v) is 10.7. The maximum absolute atomic E-state index is 11.3. The number of benzene rings is 1. The molecule has 4 nitrogen and oxygen atoms in total. The summed E-state index contributed by atoms with van der Waals surface area (Å²) >= 11 is 0. The Hall–Kier alpha value is -1.07. The lowest BCUT2D eigenvalue weighted by atomic mass is 9.86. The Morgan fingerprint density at radius 1 is 1.25 bits per heavy atom. The van der Waals surface area contributed by atoms with Crippen molar-refractivity contribution in [3.05, 3.63) is 23.3 Å². The van der Waals surface area contributed by atoms with Crippen molar-refractivity contribution >= 4 is 10.0 Å². The monoisotopic (exact) mass is 243 g/mol. The molecule has 0 amide bonds. The highest BCUT2D eigenvalue weighted by atomic mass is 32.2. The quantitative estimate of drug-likeness (QED) is 0.787. The highest BCUT2D eigenvalue weighted by molar-refractivity contribution is 7.89. The SMILES string of the molecule is Cc1cc(C(C)(C)C)cc(S(N)(=O)=O)c1O. The highest BCUT2D eigenvalue weighted by Gasteiger charge is 2.21. The number of nitrogens with two attached hydrogens (primary N) is 1. The van der Waals surface area contributed by atoms with Crippen LogP contribution in [0.1, 0.15) is 31.9 Å². The summed E-state index contributed by atoms with van der Waals surface area (Å²) in [4.78, 5) is -0.211. The molecule has 0 fully saturated rings. The molecule has 1 aromatic rings. The summed E-state index contributed by atoms with van der Waals surface area (Å²) in [5.74, 6) is -0.268. The van der Waals surface area contributed by atoms with Gasteiger partial charge in [-0.2, -0.15) is 0 Å². The lowest BCUT2D eigenvalue weighted by molar-refractivity contribution is 0.452. The fourth-order valence-corrected chi connectivity index (χ4v) is 2.12. The number of aryl methyl sites for hydroxylation is 1. The van der Waals surface area contributed by atoms with Crippen molar-refractivity contribution in [2.24, 2.45) is 5.14 Å². The average Bonchev–Trinajstić information content (AvgIpc) is 2.05. The van der Waals surface area contributed by atoms with Crippen LogP contribution in [-0.2, 0) is 15.4 Å². The smallest absolute Gasteiger partial charge is 0.241 e. The number of phenolic OH excluding ortho intramolecular Hbond substituents is 1. The molecular weight excluding hydrogens is 226 g/mol. The van der Waals surface area contributed by atoms with Gasteiger partial charge in [-0.25, -0.2) is 13.6 Å². The van der Waals surface area contributed by atoms with Crippen LogP contribution in [0, 0.1) is 6.92 Å². The molecule has 0 heterocycles. The van der Waals surface area contributed by atoms with Gasteiger partial charge >= 0.3 is 0 Å². The van der Waals surface area contributed by atoms with Crippen molar-refractivity contribution in [2.75, 3.05) is 0 Å². The molecule has 0 atom stereocenters. The Balaban J connectivity index is 3.59. The topological polar surface area (TPSA) is 80.4 Å². The lowest BCUT2D eigenvalue weighted by Gasteiger charge is -2.21. The molecule has 0 bridgehead atoms. The summed E-state index contributed by atoms with van der Waals surface area (Å²) in [6, 6.07) is 3.20. The molecule has 0 saturated carbocycles. The Bertz CT molecular complexity index is 513. The van der Waals surface area contributed by atoms with Crippen LogP contribution in [0.2, 0.25) is 0 Å². The van der Waals surface area contributed by atoms with Crippen LogP contribution in [0.5, 0.6) is 5.75 Å². The number of hydrogen-bond donors (Lipinski definition) is 2. The van der Waals surface area contributed by atoms with E-state index in [1.54, 1.807) is 13.0 Å². The molecule has 0 aliphatic rings. The van der Waals surface area contributed by atoms with Crippen LogP contribution in [0.15, 0.2) is 17.0 Å². The second kappa shape index (κ2) is 3.75. The summed E-state index contributed by atoms with van der Waals surface area (Å²) in [5.41, 5.74) is 1.14. The molecule has 5 heteroatoms. The van der Waals surface area contributed by atoms with Gasteiger partial charge in [0.1, 0.15) is 10.6 Å². The van der Waals surface area contributed by atoms with E-state index in [2.05, 4.69) is 0 Å². The van der Waals surface area contributed by atoms with E-state index in [9.17, 15) is 13.5 Å². The van der Waals surface area contributed by atoms with Crippen LogP contribution in [-0.4, -0.2) is 13.5 Å². The minimum atomic E-state index is -3.89. The van der Waals surface area contributed by atoms with Crippen LogP contribution in [0.25, 0.3) is 0 Å². The molecule has 1 rings (SSSR count). The number of phenols is 1. The van der Waals surface area contributed by atoms with Crippen molar-refractivity contribution in [1.29, 1.82) is 0 Å². The van der Waals surface area contributed by atoms with Crippen LogP contribution < -0.4 is 5.14 Å². The van der Waals surface area contributed by atoms with Crippen molar-refractivity contribution in [3.63, 3.8) is 0 Å². The van der Waals surface area contributed by atoms with Gasteiger partial charge in [0.05, 0.1) is 0 Å². The zero-order chi connectivity index (χ0) is 12.7. The summed E-state index contributed by atoms with van der Waals surface area (Å²) < 4.78 is 22.6. The Labute approximate surface area is 96.2 Å². The molecule has 3 N–H and O–H groups in total. The second-order valence-corrected chi connectivity index (χ2v) is 6.46. The summed E-state index contributed by atoms with van der Waals surface area (Å²) in [6.45, 7) is 7.54. The van der Waals surface area contributed by atoms with Gasteiger partial charge in [-0.05, 0) is 29.5 Å². The zero-order valence-electron chi connectivity index (χ0n) is 9.90. The molecule has 16 heavy (non-hydrogen) atoms. The third-order valence-corrected chi connectivity index (χ3v) is 3.36. The third-order valence-electron chi connectivity index (χ3n) is 2.44. The minimum absolute atomic E-state index is 0.197. The third kappa shape index (κ3) is 2.54. The van der Waals surface area contributed by atoms with E-state index in [4.69, 9.17) is 5.14 Å². The van der Waals surface area contributed by atoms with Crippen molar-refractivity contribution in [2.45, 2.75) is 38.0 Å². The molecule has 0 saturated heterocycles. The van der Waals surface area contributed by atoms with E-state index in [-0.39, 0.29) is 16.1 Å². The first kappa shape index (κ1) is 13.0. The predicted molar refractivity (Wildman–Crippen MR) is 62.9 cm³/mol. The van der Waals surface area contributed by atoms with Gasteiger partial charge in [-0.3, -0.25) is 0 Å². The van der Waals surface area contributed by atoms with E-state index in [1.165, 1.54) is 6.07 Å². The first-order valence-electron chi connectivity index (χ1n) is 4.90.